The van der Waals surface area contributed by atoms with Crippen LogP contribution in [0.5, 0.6) is 0 Å². The molecular weight excluding hydrogens is 380 g/mol. The number of nitrogens with zero attached hydrogens (tertiary/aromatic N) is 4. The van der Waals surface area contributed by atoms with E-state index in [4.69, 9.17) is 0 Å². The molecule has 126 valence electrons. The fourth-order valence-corrected chi connectivity index (χ4v) is 5.17. The van der Waals surface area contributed by atoms with Gasteiger partial charge in [-0.2, -0.15) is 5.26 Å². The van der Waals surface area contributed by atoms with Crippen LogP contribution in [0, 0.1) is 11.3 Å². The van der Waals surface area contributed by atoms with E-state index < -0.39 is 0 Å². The first kappa shape index (κ1) is 16.9. The summed E-state index contributed by atoms with van der Waals surface area (Å²) in [6.45, 7) is 0. The number of fused-ring (bicyclic) bond motifs is 1. The molecule has 0 spiro atoms. The summed E-state index contributed by atoms with van der Waals surface area (Å²) in [4.78, 5) is 13.3. The summed E-state index contributed by atoms with van der Waals surface area (Å²) >= 11 is 4.86. The molecule has 0 radical (unpaired) electrons. The minimum atomic E-state index is 0.555. The summed E-state index contributed by atoms with van der Waals surface area (Å²) in [5.41, 5.74) is 3.44. The van der Waals surface area contributed by atoms with Crippen LogP contribution in [0.2, 0.25) is 0 Å². The molecule has 0 N–H and O–H groups in total. The molecule has 26 heavy (non-hydrogen) atoms. The maximum Gasteiger partial charge on any atom is 0.151 e. The van der Waals surface area contributed by atoms with E-state index >= 15 is 0 Å². The van der Waals surface area contributed by atoms with Crippen molar-refractivity contribution in [3.05, 3.63) is 70.4 Å². The van der Waals surface area contributed by atoms with Crippen LogP contribution >= 0.6 is 34.4 Å². The highest BCUT2D eigenvalue weighted by Gasteiger charge is 2.10. The van der Waals surface area contributed by atoms with Gasteiger partial charge in [0, 0.05) is 23.5 Å². The number of nitriles is 1. The van der Waals surface area contributed by atoms with E-state index in [2.05, 4.69) is 27.1 Å². The van der Waals surface area contributed by atoms with E-state index in [1.807, 2.05) is 41.8 Å². The number of thioether (sulfide) groups is 1. The summed E-state index contributed by atoms with van der Waals surface area (Å²) in [5.74, 6) is 0.738. The number of benzene rings is 1. The lowest BCUT2D eigenvalue weighted by atomic mass is 10.2. The van der Waals surface area contributed by atoms with Crippen LogP contribution in [0.4, 0.5) is 0 Å². The number of aromatic nitrogens is 3. The van der Waals surface area contributed by atoms with Gasteiger partial charge in [-0.1, -0.05) is 30.0 Å². The third-order valence-corrected chi connectivity index (χ3v) is 6.65. The molecule has 3 heterocycles. The summed E-state index contributed by atoms with van der Waals surface area (Å²) in [6, 6.07) is 14.1. The lowest BCUT2D eigenvalue weighted by Gasteiger charge is -1.95. The van der Waals surface area contributed by atoms with Crippen molar-refractivity contribution in [1.82, 2.24) is 15.0 Å². The van der Waals surface area contributed by atoms with Gasteiger partial charge in [0.2, 0.25) is 0 Å². The molecule has 0 fully saturated rings. The highest BCUT2D eigenvalue weighted by Crippen LogP contribution is 2.32. The minimum Gasteiger partial charge on any atom is -0.264 e. The van der Waals surface area contributed by atoms with Crippen LogP contribution in [-0.2, 0) is 5.75 Å². The topological polar surface area (TPSA) is 62.5 Å². The Morgan fingerprint density at radius 3 is 2.92 bits per heavy atom. The van der Waals surface area contributed by atoms with Crippen molar-refractivity contribution >= 4 is 56.3 Å². The Bertz CT molecular complexity index is 1070. The molecule has 0 aliphatic carbocycles. The van der Waals surface area contributed by atoms with Crippen molar-refractivity contribution in [2.75, 3.05) is 0 Å². The zero-order valence-corrected chi connectivity index (χ0v) is 15.9. The summed E-state index contributed by atoms with van der Waals surface area (Å²) < 4.78 is 2.23. The molecular formula is C19H12N4S3. The molecule has 0 atom stereocenters. The van der Waals surface area contributed by atoms with Crippen LogP contribution in [0.1, 0.15) is 16.3 Å². The predicted molar refractivity (Wildman–Crippen MR) is 109 cm³/mol. The Hall–Kier alpha value is -2.53. The van der Waals surface area contributed by atoms with Crippen molar-refractivity contribution < 1.29 is 0 Å². The van der Waals surface area contributed by atoms with Gasteiger partial charge in [0.15, 0.2) is 4.34 Å². The number of allylic oxidation sites excluding steroid dienone is 1. The summed E-state index contributed by atoms with van der Waals surface area (Å²) in [5, 5.41) is 12.2. The molecule has 4 aromatic rings. The SMILES string of the molecule is N#CC(=Cc1cccnc1)c1nc(CSc2nc3ccccc3s2)cs1. The fourth-order valence-electron chi connectivity index (χ4n) is 2.32. The Morgan fingerprint density at radius 1 is 1.19 bits per heavy atom. The first-order chi connectivity index (χ1) is 12.8. The van der Waals surface area contributed by atoms with Gasteiger partial charge in [-0.3, -0.25) is 4.98 Å². The Balaban J connectivity index is 1.49. The van der Waals surface area contributed by atoms with Gasteiger partial charge >= 0.3 is 0 Å². The minimum absolute atomic E-state index is 0.555. The van der Waals surface area contributed by atoms with E-state index in [0.29, 0.717) is 5.57 Å². The zero-order valence-electron chi connectivity index (χ0n) is 13.5. The van der Waals surface area contributed by atoms with E-state index in [0.717, 1.165) is 31.9 Å². The smallest absolute Gasteiger partial charge is 0.151 e. The number of thiazole rings is 2. The second-order valence-corrected chi connectivity index (χ2v) is 8.45. The predicted octanol–water partition coefficient (Wildman–Crippen LogP) is 5.50. The molecule has 0 unspecified atom stereocenters. The molecule has 0 aliphatic heterocycles. The van der Waals surface area contributed by atoms with Crippen molar-refractivity contribution in [3.8, 4) is 6.07 Å². The van der Waals surface area contributed by atoms with Crippen LogP contribution in [0.3, 0.4) is 0 Å². The largest absolute Gasteiger partial charge is 0.264 e. The quantitative estimate of drug-likeness (QED) is 0.331. The van der Waals surface area contributed by atoms with Gasteiger partial charge in [-0.15, -0.1) is 22.7 Å². The summed E-state index contributed by atoms with van der Waals surface area (Å²) in [7, 11) is 0. The van der Waals surface area contributed by atoms with Gasteiger partial charge < -0.3 is 0 Å². The molecule has 4 rings (SSSR count). The van der Waals surface area contributed by atoms with E-state index in [-0.39, 0.29) is 0 Å². The number of hydrogen-bond acceptors (Lipinski definition) is 7. The maximum absolute atomic E-state index is 9.45. The molecule has 4 nitrogen and oxygen atoms in total. The lowest BCUT2D eigenvalue weighted by molar-refractivity contribution is 1.21. The molecule has 3 aromatic heterocycles. The third-order valence-electron chi connectivity index (χ3n) is 3.52. The second kappa shape index (κ2) is 7.79. The van der Waals surface area contributed by atoms with Crippen molar-refractivity contribution in [2.24, 2.45) is 0 Å². The van der Waals surface area contributed by atoms with Crippen molar-refractivity contribution in [1.29, 1.82) is 5.26 Å². The van der Waals surface area contributed by atoms with Gasteiger partial charge in [0.1, 0.15) is 11.1 Å². The average molecular weight is 393 g/mol. The van der Waals surface area contributed by atoms with Gasteiger partial charge in [0.25, 0.3) is 0 Å². The lowest BCUT2D eigenvalue weighted by Crippen LogP contribution is -1.85. The standard InChI is InChI=1S/C19H12N4S3/c20-9-14(8-13-4-3-7-21-10-13)18-22-15(11-24-18)12-25-19-23-16-5-1-2-6-17(16)26-19/h1-8,10-11H,12H2. The molecule has 1 aromatic carbocycles. The highest BCUT2D eigenvalue weighted by molar-refractivity contribution is 8.00. The van der Waals surface area contributed by atoms with Gasteiger partial charge in [0.05, 0.1) is 21.5 Å². The highest BCUT2D eigenvalue weighted by atomic mass is 32.2. The van der Waals surface area contributed by atoms with Crippen LogP contribution in [-0.4, -0.2) is 15.0 Å². The van der Waals surface area contributed by atoms with E-state index in [9.17, 15) is 5.26 Å². The van der Waals surface area contributed by atoms with Crippen LogP contribution in [0.15, 0.2) is 58.5 Å². The number of hydrogen-bond donors (Lipinski definition) is 0. The van der Waals surface area contributed by atoms with Crippen molar-refractivity contribution in [2.45, 2.75) is 10.1 Å². The molecule has 0 saturated heterocycles. The maximum atomic E-state index is 9.45. The molecule has 7 heteroatoms. The Kier molecular flexibility index (Phi) is 5.07. The number of pyridine rings is 1. The van der Waals surface area contributed by atoms with Crippen LogP contribution < -0.4 is 0 Å². The van der Waals surface area contributed by atoms with Gasteiger partial charge in [-0.25, -0.2) is 9.97 Å². The average Bonchev–Trinajstić information content (AvgIpc) is 3.31. The molecule has 0 bridgehead atoms. The molecule has 0 saturated carbocycles. The van der Waals surface area contributed by atoms with Gasteiger partial charge in [-0.05, 0) is 29.8 Å². The number of rotatable bonds is 5. The third kappa shape index (κ3) is 3.83. The monoisotopic (exact) mass is 392 g/mol. The first-order valence-corrected chi connectivity index (χ1v) is 10.4. The number of para-hydroxylation sites is 1. The van der Waals surface area contributed by atoms with E-state index in [1.165, 1.54) is 16.0 Å². The van der Waals surface area contributed by atoms with E-state index in [1.54, 1.807) is 35.5 Å². The summed E-state index contributed by atoms with van der Waals surface area (Å²) in [6.07, 6.45) is 5.26. The molecule has 0 amide bonds. The zero-order chi connectivity index (χ0) is 17.8. The molecule has 0 aliphatic rings. The second-order valence-electron chi connectivity index (χ2n) is 5.34. The Morgan fingerprint density at radius 2 is 2.12 bits per heavy atom. The van der Waals surface area contributed by atoms with Crippen LogP contribution in [0.25, 0.3) is 21.9 Å². The Labute approximate surface area is 162 Å². The first-order valence-electron chi connectivity index (χ1n) is 7.77. The van der Waals surface area contributed by atoms with Crippen molar-refractivity contribution in [3.63, 3.8) is 0 Å². The normalized spacial score (nSPS) is 11.6. The fraction of sp³-hybridized carbons (Fsp3) is 0.0526.